The zero-order chi connectivity index (χ0) is 15.7. The van der Waals surface area contributed by atoms with Crippen molar-refractivity contribution in [2.24, 2.45) is 0 Å². The van der Waals surface area contributed by atoms with E-state index in [2.05, 4.69) is 26.6 Å². The molecule has 0 saturated heterocycles. The number of phenols is 1. The van der Waals surface area contributed by atoms with Crippen LogP contribution in [0.1, 0.15) is 25.5 Å². The Morgan fingerprint density at radius 2 is 2.14 bits per heavy atom. The zero-order valence-corrected chi connectivity index (χ0v) is 14.2. The molecule has 1 aliphatic rings. The van der Waals surface area contributed by atoms with Crippen molar-refractivity contribution >= 4 is 39.0 Å². The molecular weight excluding hydrogens is 356 g/mol. The van der Waals surface area contributed by atoms with Gasteiger partial charge in [0.25, 0.3) is 0 Å². The van der Waals surface area contributed by atoms with Gasteiger partial charge in [-0.05, 0) is 59.7 Å². The first-order valence-corrected chi connectivity index (χ1v) is 7.41. The van der Waals surface area contributed by atoms with Crippen LogP contribution in [0.15, 0.2) is 27.9 Å². The molecule has 2 rings (SSSR count). The fourth-order valence-corrected chi connectivity index (χ4v) is 3.06. The maximum Gasteiger partial charge on any atom is 0.172 e. The van der Waals surface area contributed by atoms with Gasteiger partial charge in [0.1, 0.15) is 0 Å². The molecule has 0 aliphatic carbocycles. The van der Waals surface area contributed by atoms with E-state index in [0.717, 1.165) is 11.3 Å². The fraction of sp³-hybridized carbons (Fsp3) is 0.286. The van der Waals surface area contributed by atoms with Gasteiger partial charge in [0.2, 0.25) is 0 Å². The predicted molar refractivity (Wildman–Crippen MR) is 87.4 cm³/mol. The van der Waals surface area contributed by atoms with Crippen molar-refractivity contribution in [2.75, 3.05) is 7.11 Å². The van der Waals surface area contributed by atoms with E-state index >= 15 is 0 Å². The molecule has 0 amide bonds. The van der Waals surface area contributed by atoms with E-state index in [4.69, 9.17) is 17.0 Å². The van der Waals surface area contributed by atoms with E-state index < -0.39 is 0 Å². The molecule has 112 valence electrons. The van der Waals surface area contributed by atoms with Crippen LogP contribution >= 0.6 is 28.1 Å². The molecule has 0 aromatic heterocycles. The summed E-state index contributed by atoms with van der Waals surface area (Å²) in [5.74, 6) is 0.289. The van der Waals surface area contributed by atoms with Gasteiger partial charge in [-0.3, -0.25) is 4.79 Å². The second kappa shape index (κ2) is 6.03. The van der Waals surface area contributed by atoms with Gasteiger partial charge in [0, 0.05) is 11.3 Å². The van der Waals surface area contributed by atoms with Gasteiger partial charge in [0.05, 0.1) is 17.6 Å². The van der Waals surface area contributed by atoms with Crippen LogP contribution < -0.4 is 15.4 Å². The Kier molecular flexibility index (Phi) is 4.53. The van der Waals surface area contributed by atoms with E-state index in [-0.39, 0.29) is 17.6 Å². The first-order chi connectivity index (χ1) is 9.85. The molecule has 1 heterocycles. The number of carbonyl (C=O) groups excluding carboxylic acids is 1. The number of Topliss-reactive ketones (excluding diaryl/α,β-unsaturated/α-hetero) is 1. The van der Waals surface area contributed by atoms with E-state index in [1.807, 2.05) is 6.92 Å². The molecule has 0 unspecified atom stereocenters. The van der Waals surface area contributed by atoms with E-state index in [0.29, 0.717) is 20.9 Å². The Hall–Kier alpha value is -1.60. The summed E-state index contributed by atoms with van der Waals surface area (Å²) in [5.41, 5.74) is 2.09. The third-order valence-electron chi connectivity index (χ3n) is 3.25. The lowest BCUT2D eigenvalue weighted by Gasteiger charge is -2.30. The Labute approximate surface area is 136 Å². The number of benzene rings is 1. The Morgan fingerprint density at radius 1 is 1.48 bits per heavy atom. The number of thiocarbonyl (C=S) groups is 1. The second-order valence-electron chi connectivity index (χ2n) is 4.68. The SMILES string of the molecule is COc1cc([C@@H]2NC(=S)NC(C)=C2C(C)=O)cc(Br)c1O. The first kappa shape index (κ1) is 15.8. The summed E-state index contributed by atoms with van der Waals surface area (Å²) in [7, 11) is 1.47. The monoisotopic (exact) mass is 370 g/mol. The summed E-state index contributed by atoms with van der Waals surface area (Å²) < 4.78 is 5.64. The van der Waals surface area contributed by atoms with Crippen molar-refractivity contribution in [1.29, 1.82) is 0 Å². The standard InChI is InChI=1S/C14H15BrN2O3S/c1-6-11(7(2)18)12(17-14(21)16-6)8-4-9(15)13(19)10(5-8)20-3/h4-5,12,19H,1-3H3,(H2,16,17,21)/t12-/m0/s1. The Bertz CT molecular complexity index is 658. The number of phenolic OH excluding ortho intramolecular Hbond substituents is 1. The number of rotatable bonds is 3. The highest BCUT2D eigenvalue weighted by Crippen LogP contribution is 2.39. The molecule has 0 spiro atoms. The number of ether oxygens (including phenoxy) is 1. The van der Waals surface area contributed by atoms with Gasteiger partial charge in [0.15, 0.2) is 22.4 Å². The molecular formula is C14H15BrN2O3S. The number of halogens is 1. The quantitative estimate of drug-likeness (QED) is 0.710. The second-order valence-corrected chi connectivity index (χ2v) is 5.94. The average molecular weight is 371 g/mol. The van der Waals surface area contributed by atoms with Crippen LogP contribution in [0.3, 0.4) is 0 Å². The number of allylic oxidation sites excluding steroid dienone is 1. The number of nitrogens with one attached hydrogen (secondary N) is 2. The number of aromatic hydroxyl groups is 1. The number of methoxy groups -OCH3 is 1. The summed E-state index contributed by atoms with van der Waals surface area (Å²) in [4.78, 5) is 11.9. The van der Waals surface area contributed by atoms with Crippen LogP contribution in [0.5, 0.6) is 11.5 Å². The number of hydrogen-bond donors (Lipinski definition) is 3. The smallest absolute Gasteiger partial charge is 0.172 e. The lowest BCUT2D eigenvalue weighted by Crippen LogP contribution is -2.44. The summed E-state index contributed by atoms with van der Waals surface area (Å²) >= 11 is 8.44. The Morgan fingerprint density at radius 3 is 2.71 bits per heavy atom. The number of ketones is 1. The van der Waals surface area contributed by atoms with Crippen LogP contribution in [0.25, 0.3) is 0 Å². The maximum atomic E-state index is 11.9. The van der Waals surface area contributed by atoms with E-state index in [9.17, 15) is 9.90 Å². The van der Waals surface area contributed by atoms with E-state index in [1.54, 1.807) is 12.1 Å². The molecule has 0 radical (unpaired) electrons. The van der Waals surface area contributed by atoms with Crippen LogP contribution in [0.2, 0.25) is 0 Å². The molecule has 1 aliphatic heterocycles. The van der Waals surface area contributed by atoms with Crippen molar-refractivity contribution < 1.29 is 14.6 Å². The van der Waals surface area contributed by atoms with Crippen molar-refractivity contribution in [1.82, 2.24) is 10.6 Å². The minimum absolute atomic E-state index is 0.0165. The molecule has 1 atom stereocenters. The molecule has 1 aromatic rings. The molecule has 3 N–H and O–H groups in total. The third kappa shape index (κ3) is 3.03. The van der Waals surface area contributed by atoms with Gasteiger partial charge in [-0.1, -0.05) is 0 Å². The summed E-state index contributed by atoms with van der Waals surface area (Å²) in [6, 6.07) is 3.03. The molecule has 1 aromatic carbocycles. The lowest BCUT2D eigenvalue weighted by molar-refractivity contribution is -0.114. The van der Waals surface area contributed by atoms with Gasteiger partial charge >= 0.3 is 0 Å². The summed E-state index contributed by atoms with van der Waals surface area (Å²) in [6.45, 7) is 3.32. The summed E-state index contributed by atoms with van der Waals surface area (Å²) in [5, 5.41) is 16.4. The van der Waals surface area contributed by atoms with Crippen molar-refractivity contribution in [3.8, 4) is 11.5 Å². The average Bonchev–Trinajstić information content (AvgIpc) is 2.40. The fourth-order valence-electron chi connectivity index (χ4n) is 2.33. The number of hydrogen-bond acceptors (Lipinski definition) is 4. The van der Waals surface area contributed by atoms with Crippen LogP contribution in [-0.2, 0) is 4.79 Å². The molecule has 21 heavy (non-hydrogen) atoms. The molecule has 0 bridgehead atoms. The van der Waals surface area contributed by atoms with E-state index in [1.165, 1.54) is 14.0 Å². The highest BCUT2D eigenvalue weighted by atomic mass is 79.9. The minimum atomic E-state index is -0.387. The van der Waals surface area contributed by atoms with Gasteiger partial charge in [-0.25, -0.2) is 0 Å². The Balaban J connectivity index is 2.58. The van der Waals surface area contributed by atoms with Crippen molar-refractivity contribution in [2.45, 2.75) is 19.9 Å². The normalized spacial score (nSPS) is 18.1. The molecule has 0 saturated carbocycles. The molecule has 0 fully saturated rings. The highest BCUT2D eigenvalue weighted by Gasteiger charge is 2.28. The molecule has 7 heteroatoms. The van der Waals surface area contributed by atoms with Crippen LogP contribution in [-0.4, -0.2) is 23.1 Å². The maximum absolute atomic E-state index is 11.9. The molecule has 5 nitrogen and oxygen atoms in total. The van der Waals surface area contributed by atoms with Crippen LogP contribution in [0, 0.1) is 0 Å². The van der Waals surface area contributed by atoms with Gasteiger partial charge < -0.3 is 20.5 Å². The van der Waals surface area contributed by atoms with Crippen molar-refractivity contribution in [3.63, 3.8) is 0 Å². The minimum Gasteiger partial charge on any atom is -0.503 e. The largest absolute Gasteiger partial charge is 0.503 e. The topological polar surface area (TPSA) is 70.6 Å². The zero-order valence-electron chi connectivity index (χ0n) is 11.8. The number of carbonyl (C=O) groups is 1. The highest BCUT2D eigenvalue weighted by molar-refractivity contribution is 9.10. The van der Waals surface area contributed by atoms with Gasteiger partial charge in [-0.2, -0.15) is 0 Å². The van der Waals surface area contributed by atoms with Gasteiger partial charge in [-0.15, -0.1) is 0 Å². The lowest BCUT2D eigenvalue weighted by atomic mass is 9.93. The van der Waals surface area contributed by atoms with Crippen molar-refractivity contribution in [3.05, 3.63) is 33.4 Å². The predicted octanol–water partition coefficient (Wildman–Crippen LogP) is 2.55. The first-order valence-electron chi connectivity index (χ1n) is 6.20. The summed E-state index contributed by atoms with van der Waals surface area (Å²) in [6.07, 6.45) is 0. The third-order valence-corrected chi connectivity index (χ3v) is 4.08. The van der Waals surface area contributed by atoms with Crippen LogP contribution in [0.4, 0.5) is 0 Å².